The van der Waals surface area contributed by atoms with Crippen LogP contribution in [0, 0.1) is 41.9 Å². The van der Waals surface area contributed by atoms with Gasteiger partial charge in [0.15, 0.2) is 23.1 Å². The zero-order chi connectivity index (χ0) is 45.6. The van der Waals surface area contributed by atoms with E-state index in [0.717, 1.165) is 39.0 Å². The van der Waals surface area contributed by atoms with E-state index >= 15 is 9.59 Å². The molecule has 2 bridgehead atoms. The molecule has 3 aromatic carbocycles. The smallest absolute Gasteiger partial charge is 0.200 e. The van der Waals surface area contributed by atoms with E-state index in [-0.39, 0.29) is 48.4 Å². The van der Waals surface area contributed by atoms with Crippen molar-refractivity contribution >= 4 is 11.6 Å². The van der Waals surface area contributed by atoms with Gasteiger partial charge in [0.1, 0.15) is 24.5 Å². The molecule has 0 radical (unpaired) electrons. The zero-order valence-corrected chi connectivity index (χ0v) is 39.2. The van der Waals surface area contributed by atoms with Gasteiger partial charge in [-0.25, -0.2) is 0 Å². The Kier molecular flexibility index (Phi) is 15.3. The third-order valence-electron chi connectivity index (χ3n) is 13.3. The molecule has 5 rings (SSSR count). The van der Waals surface area contributed by atoms with Gasteiger partial charge in [-0.3, -0.25) is 9.59 Å². The number of Topliss-reactive ketones (excluding diaryl/α,β-unsaturated/α-hetero) is 2. The molecule has 2 aliphatic rings. The third-order valence-corrected chi connectivity index (χ3v) is 13.3. The Labute approximate surface area is 371 Å². The summed E-state index contributed by atoms with van der Waals surface area (Å²) in [5, 5.41) is 26.2. The first-order valence-electron chi connectivity index (χ1n) is 22.2. The molecule has 6 nitrogen and oxygen atoms in total. The van der Waals surface area contributed by atoms with Crippen molar-refractivity contribution in [3.8, 4) is 11.5 Å². The van der Waals surface area contributed by atoms with Gasteiger partial charge in [0.25, 0.3) is 0 Å². The number of carbonyl (C=O) groups excluding carboxylic acids is 2. The molecule has 5 unspecified atom stereocenters. The van der Waals surface area contributed by atoms with Gasteiger partial charge in [-0.1, -0.05) is 122 Å². The minimum Gasteiger partial charge on any atom is -0.511 e. The maximum atomic E-state index is 15.5. The number of carbonyl (C=O) groups is 2. The van der Waals surface area contributed by atoms with Crippen LogP contribution in [0.1, 0.15) is 127 Å². The fourth-order valence-electron chi connectivity index (χ4n) is 8.98. The minimum atomic E-state index is -1.54. The molecule has 3 aromatic rings. The molecule has 0 saturated heterocycles. The summed E-state index contributed by atoms with van der Waals surface area (Å²) < 4.78 is 12.9. The highest BCUT2D eigenvalue weighted by Gasteiger charge is 2.63. The van der Waals surface area contributed by atoms with E-state index in [1.54, 1.807) is 18.2 Å². The lowest BCUT2D eigenvalue weighted by Gasteiger charge is -2.55. The molecule has 62 heavy (non-hydrogen) atoms. The summed E-state index contributed by atoms with van der Waals surface area (Å²) in [7, 11) is 0. The molecule has 5 atom stereocenters. The molecule has 0 amide bonds. The molecule has 0 saturated carbocycles. The summed E-state index contributed by atoms with van der Waals surface area (Å²) in [5.41, 5.74) is 4.90. The van der Waals surface area contributed by atoms with E-state index in [4.69, 9.17) is 9.47 Å². The number of hydrogen-bond acceptors (Lipinski definition) is 6. The number of benzene rings is 3. The van der Waals surface area contributed by atoms with Crippen LogP contribution in [-0.2, 0) is 18.0 Å². The summed E-state index contributed by atoms with van der Waals surface area (Å²) >= 11 is 0. The Bertz CT molecular complexity index is 2300. The number of allylic oxidation sites excluding steroid dienone is 9. The normalized spacial score (nSPS) is 22.2. The molecule has 0 spiro atoms. The highest BCUT2D eigenvalue weighted by Crippen LogP contribution is 2.60. The van der Waals surface area contributed by atoms with Gasteiger partial charge in [0.2, 0.25) is 0 Å². The average Bonchev–Trinajstić information content (AvgIpc) is 3.21. The number of rotatable bonds is 17. The second-order valence-corrected chi connectivity index (χ2v) is 19.4. The van der Waals surface area contributed by atoms with Crippen LogP contribution >= 0.6 is 0 Å². The second kappa shape index (κ2) is 19.9. The quantitative estimate of drug-likeness (QED) is 0.0799. The van der Waals surface area contributed by atoms with Gasteiger partial charge in [-0.05, 0) is 152 Å². The Morgan fingerprint density at radius 1 is 0.806 bits per heavy atom. The van der Waals surface area contributed by atoms with Crippen LogP contribution in [0.25, 0.3) is 0 Å². The molecule has 330 valence electrons. The summed E-state index contributed by atoms with van der Waals surface area (Å²) in [4.78, 5) is 30.8. The fourth-order valence-corrected chi connectivity index (χ4v) is 8.98. The van der Waals surface area contributed by atoms with Gasteiger partial charge in [-0.15, -0.1) is 0 Å². The van der Waals surface area contributed by atoms with Crippen molar-refractivity contribution in [2.75, 3.05) is 0 Å². The Morgan fingerprint density at radius 2 is 1.37 bits per heavy atom. The number of aliphatic hydroxyl groups excluding tert-OH is 2. The number of fused-ring (bicyclic) bond motifs is 2. The van der Waals surface area contributed by atoms with Crippen molar-refractivity contribution in [2.24, 2.45) is 28.1 Å². The number of hydrogen-bond donors (Lipinski definition) is 2. The summed E-state index contributed by atoms with van der Waals surface area (Å²) in [6.07, 6.45) is 11.1. The van der Waals surface area contributed by atoms with Gasteiger partial charge < -0.3 is 19.7 Å². The summed E-state index contributed by atoms with van der Waals surface area (Å²) in [6, 6.07) is 20.9. The molecule has 2 aliphatic carbocycles. The van der Waals surface area contributed by atoms with Gasteiger partial charge in [0, 0.05) is 5.56 Å². The molecular formula is C56H70O6. The largest absolute Gasteiger partial charge is 0.511 e. The van der Waals surface area contributed by atoms with E-state index in [9.17, 15) is 10.2 Å². The molecule has 2 N–H and O–H groups in total. The standard InChI is InChI=1S/C56H70O6/c1-36(2)21-23-43(39(7)8)32-56-33-46(25-22-37(3)4)54(11,12)29-30-55(53(56)60,28-27-38(5)6)51(58)49(52(56)59)50(57)42-24-26-47(61-34-44-19-15-13-17-40(44)9)48(31-42)62-35-45-20-16-14-18-41(45)10/h13-22,24,26-27,29-31,43,46,53,59-60H,7,23,25,28,32-35H2,1-6,8-12H3. The topological polar surface area (TPSA) is 93.1 Å². The first-order valence-corrected chi connectivity index (χ1v) is 22.2. The van der Waals surface area contributed by atoms with Crippen LogP contribution < -0.4 is 9.47 Å². The highest BCUT2D eigenvalue weighted by atomic mass is 16.5. The maximum absolute atomic E-state index is 15.5. The predicted molar refractivity (Wildman–Crippen MR) is 253 cm³/mol. The van der Waals surface area contributed by atoms with Crippen molar-refractivity contribution in [3.05, 3.63) is 165 Å². The lowest BCUT2D eigenvalue weighted by molar-refractivity contribution is -0.143. The average molecular weight is 839 g/mol. The van der Waals surface area contributed by atoms with E-state index in [2.05, 4.69) is 66.3 Å². The van der Waals surface area contributed by atoms with Gasteiger partial charge in [-0.2, -0.15) is 0 Å². The van der Waals surface area contributed by atoms with Crippen LogP contribution in [-0.4, -0.2) is 27.9 Å². The van der Waals surface area contributed by atoms with Crippen LogP contribution in [0.15, 0.2) is 137 Å². The van der Waals surface area contributed by atoms with Crippen LogP contribution in [0.3, 0.4) is 0 Å². The van der Waals surface area contributed by atoms with Crippen molar-refractivity contribution in [3.63, 3.8) is 0 Å². The van der Waals surface area contributed by atoms with Crippen molar-refractivity contribution in [1.29, 1.82) is 0 Å². The van der Waals surface area contributed by atoms with Crippen molar-refractivity contribution in [2.45, 2.75) is 128 Å². The van der Waals surface area contributed by atoms with E-state index in [0.29, 0.717) is 37.2 Å². The third kappa shape index (κ3) is 10.5. The van der Waals surface area contributed by atoms with E-state index in [1.807, 2.05) is 95.3 Å². The van der Waals surface area contributed by atoms with Crippen LogP contribution in [0.4, 0.5) is 0 Å². The van der Waals surface area contributed by atoms with E-state index < -0.39 is 33.9 Å². The zero-order valence-electron chi connectivity index (χ0n) is 39.2. The Balaban J connectivity index is 1.75. The van der Waals surface area contributed by atoms with Crippen molar-refractivity contribution < 1.29 is 29.3 Å². The predicted octanol–water partition coefficient (Wildman–Crippen LogP) is 13.6. The summed E-state index contributed by atoms with van der Waals surface area (Å²) in [6.45, 7) is 27.5. The molecule has 0 aliphatic heterocycles. The Hall–Kier alpha value is -5.20. The molecule has 0 heterocycles. The lowest BCUT2D eigenvalue weighted by Crippen LogP contribution is -2.59. The SMILES string of the molecule is C=C(C)C(CC=C(C)C)CC12CC(CC=C(C)C)C(C)(C)C=CC(CC=C(C)C)(C(=O)C(C(=O)c3ccc(OCc4ccccc4C)c(OCc4ccccc4C)c3)=C1O)C2O. The number of aliphatic hydroxyl groups is 2. The van der Waals surface area contributed by atoms with E-state index in [1.165, 1.54) is 5.57 Å². The van der Waals surface area contributed by atoms with Crippen molar-refractivity contribution in [1.82, 2.24) is 0 Å². The maximum Gasteiger partial charge on any atom is 0.200 e. The molecule has 0 aromatic heterocycles. The number of ether oxygens (including phenoxy) is 2. The fraction of sp³-hybridized carbons (Fsp3) is 0.429. The monoisotopic (exact) mass is 839 g/mol. The van der Waals surface area contributed by atoms with Gasteiger partial charge >= 0.3 is 0 Å². The number of ketones is 2. The summed E-state index contributed by atoms with van der Waals surface area (Å²) in [5.74, 6) is -0.986. The molecule has 6 heteroatoms. The highest BCUT2D eigenvalue weighted by molar-refractivity contribution is 6.29. The van der Waals surface area contributed by atoms with Gasteiger partial charge in [0.05, 0.1) is 16.9 Å². The van der Waals surface area contributed by atoms with Crippen LogP contribution in [0.2, 0.25) is 0 Å². The minimum absolute atomic E-state index is 0.0585. The molecule has 0 fully saturated rings. The Morgan fingerprint density at radius 3 is 1.92 bits per heavy atom. The number of aryl methyl sites for hydroxylation is 2. The van der Waals surface area contributed by atoms with Crippen LogP contribution in [0.5, 0.6) is 11.5 Å². The first kappa shape index (κ1) is 47.8. The lowest BCUT2D eigenvalue weighted by atomic mass is 9.49. The second-order valence-electron chi connectivity index (χ2n) is 19.4. The first-order chi connectivity index (χ1) is 29.2. The molecular weight excluding hydrogens is 769 g/mol.